The lowest BCUT2D eigenvalue weighted by atomic mass is 9.95. The largest absolute Gasteiger partial charge is 0.330 e. The molecule has 2 aliphatic rings. The van der Waals surface area contributed by atoms with Gasteiger partial charge in [-0.05, 0) is 45.6 Å². The molecule has 1 saturated carbocycles. The van der Waals surface area contributed by atoms with E-state index in [4.69, 9.17) is 5.73 Å². The molecule has 0 radical (unpaired) electrons. The normalized spacial score (nSPS) is 26.4. The first kappa shape index (κ1) is 13.7. The van der Waals surface area contributed by atoms with Gasteiger partial charge in [-0.25, -0.2) is 4.79 Å². The molecule has 0 aromatic rings. The van der Waals surface area contributed by atoms with Crippen LogP contribution in [-0.4, -0.2) is 47.5 Å². The molecular weight excluding hydrogens is 226 g/mol. The Balaban J connectivity index is 2.08. The van der Waals surface area contributed by atoms with Gasteiger partial charge in [0.05, 0.1) is 6.04 Å². The highest BCUT2D eigenvalue weighted by atomic mass is 16.2. The Morgan fingerprint density at radius 3 is 2.50 bits per heavy atom. The summed E-state index contributed by atoms with van der Waals surface area (Å²) in [7, 11) is 1.96. The molecule has 104 valence electrons. The van der Waals surface area contributed by atoms with Crippen LogP contribution in [0, 0.1) is 5.92 Å². The monoisotopic (exact) mass is 253 g/mol. The van der Waals surface area contributed by atoms with Gasteiger partial charge in [-0.3, -0.25) is 0 Å². The summed E-state index contributed by atoms with van der Waals surface area (Å²) in [6, 6.07) is 0.599. The fourth-order valence-corrected chi connectivity index (χ4v) is 3.52. The summed E-state index contributed by atoms with van der Waals surface area (Å²) in [5.74, 6) is 0.706. The molecule has 0 aromatic heterocycles. The van der Waals surface area contributed by atoms with Gasteiger partial charge in [-0.1, -0.05) is 12.8 Å². The number of likely N-dealkylation sites (N-methyl/N-ethyl adjacent to an activating group) is 1. The van der Waals surface area contributed by atoms with Gasteiger partial charge in [0.15, 0.2) is 0 Å². The van der Waals surface area contributed by atoms with Gasteiger partial charge in [0, 0.05) is 19.1 Å². The van der Waals surface area contributed by atoms with E-state index in [2.05, 4.69) is 13.8 Å². The van der Waals surface area contributed by atoms with Gasteiger partial charge < -0.3 is 15.5 Å². The summed E-state index contributed by atoms with van der Waals surface area (Å²) < 4.78 is 0. The van der Waals surface area contributed by atoms with Crippen LogP contribution in [0.3, 0.4) is 0 Å². The predicted molar refractivity (Wildman–Crippen MR) is 73.4 cm³/mol. The zero-order valence-electron chi connectivity index (χ0n) is 12.0. The number of carbonyl (C=O) groups excluding carboxylic acids is 1. The summed E-state index contributed by atoms with van der Waals surface area (Å²) >= 11 is 0. The minimum atomic E-state index is -0.118. The Kier molecular flexibility index (Phi) is 3.85. The lowest BCUT2D eigenvalue weighted by Gasteiger charge is -2.34. The summed E-state index contributed by atoms with van der Waals surface area (Å²) in [6.07, 6.45) is 6.09. The highest BCUT2D eigenvalue weighted by molar-refractivity contribution is 5.77. The molecule has 1 aliphatic carbocycles. The molecule has 2 N–H and O–H groups in total. The lowest BCUT2D eigenvalue weighted by molar-refractivity contribution is 0.145. The zero-order chi connectivity index (χ0) is 13.3. The van der Waals surface area contributed by atoms with Crippen LogP contribution in [0.15, 0.2) is 0 Å². The molecular formula is C14H27N3O. The highest BCUT2D eigenvalue weighted by Crippen LogP contribution is 2.35. The van der Waals surface area contributed by atoms with Gasteiger partial charge in [0.25, 0.3) is 0 Å². The van der Waals surface area contributed by atoms with Crippen LogP contribution in [0.4, 0.5) is 4.79 Å². The zero-order valence-corrected chi connectivity index (χ0v) is 12.0. The van der Waals surface area contributed by atoms with E-state index in [1.54, 1.807) is 0 Å². The third-order valence-corrected chi connectivity index (χ3v) is 4.83. The Labute approximate surface area is 110 Å². The fourth-order valence-electron chi connectivity index (χ4n) is 3.52. The second kappa shape index (κ2) is 5.08. The summed E-state index contributed by atoms with van der Waals surface area (Å²) in [6.45, 7) is 5.77. The summed E-state index contributed by atoms with van der Waals surface area (Å²) in [4.78, 5) is 16.4. The van der Waals surface area contributed by atoms with Crippen molar-refractivity contribution in [2.24, 2.45) is 11.7 Å². The van der Waals surface area contributed by atoms with Crippen LogP contribution in [0.25, 0.3) is 0 Å². The average molecular weight is 253 g/mol. The second-order valence-corrected chi connectivity index (χ2v) is 6.47. The van der Waals surface area contributed by atoms with Crippen molar-refractivity contribution in [3.63, 3.8) is 0 Å². The number of carbonyl (C=O) groups is 1. The quantitative estimate of drug-likeness (QED) is 0.833. The van der Waals surface area contributed by atoms with Crippen molar-refractivity contribution in [3.05, 3.63) is 0 Å². The Morgan fingerprint density at radius 2 is 1.94 bits per heavy atom. The van der Waals surface area contributed by atoms with Crippen LogP contribution < -0.4 is 5.73 Å². The molecule has 1 aliphatic heterocycles. The number of hydrogen-bond donors (Lipinski definition) is 1. The molecule has 1 atom stereocenters. The van der Waals surface area contributed by atoms with Crippen LogP contribution in [0.5, 0.6) is 0 Å². The van der Waals surface area contributed by atoms with Crippen molar-refractivity contribution in [3.8, 4) is 0 Å². The van der Waals surface area contributed by atoms with Gasteiger partial charge in [0.2, 0.25) is 0 Å². The molecule has 4 heteroatoms. The SMILES string of the molecule is CN1C(=O)N(C(C)(C)CCN)CC1C1CCCC1. The minimum absolute atomic E-state index is 0.118. The molecule has 2 amide bonds. The molecule has 1 heterocycles. The maximum atomic E-state index is 12.4. The van der Waals surface area contributed by atoms with E-state index in [0.717, 1.165) is 13.0 Å². The molecule has 18 heavy (non-hydrogen) atoms. The van der Waals surface area contributed by atoms with Crippen LogP contribution in [-0.2, 0) is 0 Å². The van der Waals surface area contributed by atoms with E-state index < -0.39 is 0 Å². The van der Waals surface area contributed by atoms with Crippen molar-refractivity contribution in [2.45, 2.75) is 57.5 Å². The number of nitrogens with zero attached hydrogens (tertiary/aromatic N) is 2. The molecule has 0 bridgehead atoms. The molecule has 4 nitrogen and oxygen atoms in total. The van der Waals surface area contributed by atoms with E-state index >= 15 is 0 Å². The first-order chi connectivity index (χ1) is 8.47. The number of nitrogens with two attached hydrogens (primary N) is 1. The summed E-state index contributed by atoms with van der Waals surface area (Å²) in [5, 5.41) is 0. The minimum Gasteiger partial charge on any atom is -0.330 e. The van der Waals surface area contributed by atoms with E-state index in [-0.39, 0.29) is 11.6 Å². The highest BCUT2D eigenvalue weighted by Gasteiger charge is 2.44. The maximum absolute atomic E-state index is 12.4. The van der Waals surface area contributed by atoms with Crippen LogP contribution in [0.1, 0.15) is 46.0 Å². The van der Waals surface area contributed by atoms with Gasteiger partial charge in [0.1, 0.15) is 0 Å². The summed E-state index contributed by atoms with van der Waals surface area (Å²) in [5.41, 5.74) is 5.55. The molecule has 1 saturated heterocycles. The molecule has 0 spiro atoms. The molecule has 2 fully saturated rings. The van der Waals surface area contributed by atoms with Crippen LogP contribution in [0.2, 0.25) is 0 Å². The Morgan fingerprint density at radius 1 is 1.33 bits per heavy atom. The van der Waals surface area contributed by atoms with Gasteiger partial charge in [-0.15, -0.1) is 0 Å². The topological polar surface area (TPSA) is 49.6 Å². The first-order valence-corrected chi connectivity index (χ1v) is 7.22. The van der Waals surface area contributed by atoms with E-state index in [0.29, 0.717) is 18.5 Å². The number of amides is 2. The maximum Gasteiger partial charge on any atom is 0.320 e. The van der Waals surface area contributed by atoms with Crippen molar-refractivity contribution in [2.75, 3.05) is 20.1 Å². The predicted octanol–water partition coefficient (Wildman–Crippen LogP) is 2.04. The Bertz CT molecular complexity index is 310. The molecule has 0 aromatic carbocycles. The third kappa shape index (κ3) is 2.35. The van der Waals surface area contributed by atoms with E-state index in [1.165, 1.54) is 25.7 Å². The Hall–Kier alpha value is -0.770. The van der Waals surface area contributed by atoms with Crippen molar-refractivity contribution in [1.29, 1.82) is 0 Å². The van der Waals surface area contributed by atoms with Crippen LogP contribution >= 0.6 is 0 Å². The number of urea groups is 1. The van der Waals surface area contributed by atoms with Crippen molar-refractivity contribution < 1.29 is 4.79 Å². The van der Waals surface area contributed by atoms with Crippen molar-refractivity contribution in [1.82, 2.24) is 9.80 Å². The average Bonchev–Trinajstić information content (AvgIpc) is 2.89. The van der Waals surface area contributed by atoms with Gasteiger partial charge >= 0.3 is 6.03 Å². The lowest BCUT2D eigenvalue weighted by Crippen LogP contribution is -2.47. The first-order valence-electron chi connectivity index (χ1n) is 7.22. The number of rotatable bonds is 4. The second-order valence-electron chi connectivity index (χ2n) is 6.47. The van der Waals surface area contributed by atoms with Gasteiger partial charge in [-0.2, -0.15) is 0 Å². The number of hydrogen-bond acceptors (Lipinski definition) is 2. The smallest absolute Gasteiger partial charge is 0.320 e. The fraction of sp³-hybridized carbons (Fsp3) is 0.929. The van der Waals surface area contributed by atoms with E-state index in [9.17, 15) is 4.79 Å². The van der Waals surface area contributed by atoms with E-state index in [1.807, 2.05) is 16.8 Å². The molecule has 1 unspecified atom stereocenters. The third-order valence-electron chi connectivity index (χ3n) is 4.83. The standard InChI is InChI=1S/C14H27N3O/c1-14(2,8-9-15)17-10-12(16(3)13(17)18)11-6-4-5-7-11/h11-12H,4-10,15H2,1-3H3. The molecule has 2 rings (SSSR count). The van der Waals surface area contributed by atoms with Crippen molar-refractivity contribution >= 4 is 6.03 Å².